The van der Waals surface area contributed by atoms with Crippen LogP contribution in [0.25, 0.3) is 0 Å². The zero-order chi connectivity index (χ0) is 20.8. The molecule has 28 heavy (non-hydrogen) atoms. The third kappa shape index (κ3) is 6.85. The molecule has 0 aliphatic rings. The van der Waals surface area contributed by atoms with Gasteiger partial charge in [-0.1, -0.05) is 23.7 Å². The summed E-state index contributed by atoms with van der Waals surface area (Å²) in [5, 5.41) is 0.531. The molecule has 156 valence electrons. The fraction of sp³-hybridized carbons (Fsp3) is 0.471. The van der Waals surface area contributed by atoms with Crippen molar-refractivity contribution in [3.8, 4) is 0 Å². The standard InChI is InChI=1S/C17H25ClN4O4S2/c1-22(2)28(25,26)17-19-13-16(21-17)5-3-4-11-20-27(23,24)12-10-14-6-8-15(18)9-7-14/h6-9,13,20H,3-5,10-12H2,1-2H3,(H,19,21). The minimum atomic E-state index is -3.57. The lowest BCUT2D eigenvalue weighted by atomic mass is 10.2. The normalized spacial score (nSPS) is 12.6. The minimum Gasteiger partial charge on any atom is -0.332 e. The van der Waals surface area contributed by atoms with Crippen LogP contribution in [0, 0.1) is 0 Å². The molecule has 0 amide bonds. The van der Waals surface area contributed by atoms with E-state index in [1.165, 1.54) is 20.3 Å². The molecule has 2 aromatic rings. The van der Waals surface area contributed by atoms with Crippen molar-refractivity contribution in [3.63, 3.8) is 0 Å². The highest BCUT2D eigenvalue weighted by Crippen LogP contribution is 2.11. The fourth-order valence-electron chi connectivity index (χ4n) is 2.41. The molecule has 0 bridgehead atoms. The van der Waals surface area contributed by atoms with Gasteiger partial charge < -0.3 is 4.98 Å². The monoisotopic (exact) mass is 448 g/mol. The molecule has 0 saturated heterocycles. The molecule has 1 aromatic heterocycles. The van der Waals surface area contributed by atoms with E-state index in [0.717, 1.165) is 9.87 Å². The summed E-state index contributed by atoms with van der Waals surface area (Å²) in [6, 6.07) is 7.10. The Bertz CT molecular complexity index is 971. The average molecular weight is 449 g/mol. The number of unbranched alkanes of at least 4 members (excludes halogenated alkanes) is 1. The van der Waals surface area contributed by atoms with Crippen LogP contribution in [0.15, 0.2) is 35.6 Å². The summed E-state index contributed by atoms with van der Waals surface area (Å²) in [5.41, 5.74) is 1.61. The molecule has 2 N–H and O–H groups in total. The van der Waals surface area contributed by atoms with Gasteiger partial charge in [0.1, 0.15) is 0 Å². The Labute approximate surface area is 171 Å². The molecule has 1 aromatic carbocycles. The number of aryl methyl sites for hydroxylation is 2. The van der Waals surface area contributed by atoms with Crippen molar-refractivity contribution in [2.24, 2.45) is 0 Å². The van der Waals surface area contributed by atoms with Crippen LogP contribution < -0.4 is 4.72 Å². The lowest BCUT2D eigenvalue weighted by Gasteiger charge is -2.08. The van der Waals surface area contributed by atoms with Gasteiger partial charge in [0.25, 0.3) is 10.0 Å². The van der Waals surface area contributed by atoms with Crippen molar-refractivity contribution in [2.75, 3.05) is 26.4 Å². The second-order valence-electron chi connectivity index (χ2n) is 6.55. The van der Waals surface area contributed by atoms with Gasteiger partial charge in [0.2, 0.25) is 15.2 Å². The summed E-state index contributed by atoms with van der Waals surface area (Å²) < 4.78 is 51.7. The van der Waals surface area contributed by atoms with E-state index in [0.29, 0.717) is 42.9 Å². The van der Waals surface area contributed by atoms with Gasteiger partial charge in [-0.3, -0.25) is 0 Å². The van der Waals surface area contributed by atoms with Gasteiger partial charge in [0.15, 0.2) is 0 Å². The number of aromatic amines is 1. The zero-order valence-electron chi connectivity index (χ0n) is 15.9. The van der Waals surface area contributed by atoms with Gasteiger partial charge >= 0.3 is 0 Å². The summed E-state index contributed by atoms with van der Waals surface area (Å²) in [6.07, 6.45) is 3.83. The zero-order valence-corrected chi connectivity index (χ0v) is 18.2. The largest absolute Gasteiger partial charge is 0.332 e. The molecule has 0 aliphatic heterocycles. The van der Waals surface area contributed by atoms with Crippen LogP contribution in [0.1, 0.15) is 24.1 Å². The molecule has 8 nitrogen and oxygen atoms in total. The highest BCUT2D eigenvalue weighted by molar-refractivity contribution is 7.89. The van der Waals surface area contributed by atoms with E-state index in [4.69, 9.17) is 11.6 Å². The van der Waals surface area contributed by atoms with E-state index in [2.05, 4.69) is 14.7 Å². The summed E-state index contributed by atoms with van der Waals surface area (Å²) in [6.45, 7) is 0.333. The van der Waals surface area contributed by atoms with Gasteiger partial charge in [0.05, 0.1) is 5.75 Å². The van der Waals surface area contributed by atoms with E-state index in [1.807, 2.05) is 12.1 Å². The lowest BCUT2D eigenvalue weighted by molar-refractivity contribution is 0.513. The molecule has 0 spiro atoms. The predicted octanol–water partition coefficient (Wildman–Crippen LogP) is 1.80. The van der Waals surface area contributed by atoms with E-state index in [-0.39, 0.29) is 10.9 Å². The third-order valence-corrected chi connectivity index (χ3v) is 7.39. The number of halogens is 1. The Kier molecular flexibility index (Phi) is 8.02. The second kappa shape index (κ2) is 9.84. The first-order valence-electron chi connectivity index (χ1n) is 8.78. The van der Waals surface area contributed by atoms with E-state index in [1.54, 1.807) is 12.1 Å². The maximum atomic E-state index is 12.1. The Balaban J connectivity index is 1.71. The van der Waals surface area contributed by atoms with E-state index in [9.17, 15) is 16.8 Å². The van der Waals surface area contributed by atoms with Crippen LogP contribution in [-0.2, 0) is 32.9 Å². The highest BCUT2D eigenvalue weighted by atomic mass is 35.5. The number of nitrogens with one attached hydrogen (secondary N) is 2. The average Bonchev–Trinajstić information content (AvgIpc) is 3.10. The second-order valence-corrected chi connectivity index (χ2v) is 11.0. The van der Waals surface area contributed by atoms with Crippen molar-refractivity contribution >= 4 is 31.6 Å². The number of H-pyrrole nitrogens is 1. The number of rotatable bonds is 11. The topological polar surface area (TPSA) is 112 Å². The first kappa shape index (κ1) is 22.8. The molecule has 0 saturated carbocycles. The minimum absolute atomic E-state index is 0.0148. The van der Waals surface area contributed by atoms with Crippen LogP contribution in [0.3, 0.4) is 0 Å². The van der Waals surface area contributed by atoms with Crippen LogP contribution in [0.2, 0.25) is 5.02 Å². The van der Waals surface area contributed by atoms with Crippen LogP contribution in [0.5, 0.6) is 0 Å². The van der Waals surface area contributed by atoms with Gasteiger partial charge in [0, 0.05) is 37.6 Å². The molecule has 0 aliphatic carbocycles. The number of imidazole rings is 1. The van der Waals surface area contributed by atoms with Crippen molar-refractivity contribution in [2.45, 2.75) is 30.8 Å². The number of hydrogen-bond donors (Lipinski definition) is 2. The summed E-state index contributed by atoms with van der Waals surface area (Å²) in [7, 11) is -4.04. The van der Waals surface area contributed by atoms with Gasteiger partial charge in [-0.2, -0.15) is 0 Å². The molecule has 0 fully saturated rings. The molecule has 0 atom stereocenters. The maximum absolute atomic E-state index is 12.1. The lowest BCUT2D eigenvalue weighted by Crippen LogP contribution is -2.28. The number of hydrogen-bond acceptors (Lipinski definition) is 5. The predicted molar refractivity (Wildman–Crippen MR) is 109 cm³/mol. The number of nitrogens with zero attached hydrogens (tertiary/aromatic N) is 2. The number of benzene rings is 1. The van der Waals surface area contributed by atoms with E-state index < -0.39 is 20.0 Å². The molecular formula is C17H25ClN4O4S2. The maximum Gasteiger partial charge on any atom is 0.276 e. The van der Waals surface area contributed by atoms with Crippen molar-refractivity contribution < 1.29 is 16.8 Å². The van der Waals surface area contributed by atoms with Crippen molar-refractivity contribution in [1.29, 1.82) is 0 Å². The van der Waals surface area contributed by atoms with Gasteiger partial charge in [-0.25, -0.2) is 30.8 Å². The highest BCUT2D eigenvalue weighted by Gasteiger charge is 2.20. The quantitative estimate of drug-likeness (QED) is 0.509. The fourth-order valence-corrected chi connectivity index (χ4v) is 4.44. The molecular weight excluding hydrogens is 424 g/mol. The van der Waals surface area contributed by atoms with Gasteiger partial charge in [-0.05, 0) is 43.4 Å². The van der Waals surface area contributed by atoms with Crippen LogP contribution >= 0.6 is 11.6 Å². The summed E-state index contributed by atoms with van der Waals surface area (Å²) in [4.78, 5) is 6.70. The Morgan fingerprint density at radius 3 is 2.39 bits per heavy atom. The van der Waals surface area contributed by atoms with Crippen molar-refractivity contribution in [3.05, 3.63) is 46.7 Å². The van der Waals surface area contributed by atoms with E-state index >= 15 is 0 Å². The summed E-state index contributed by atoms with van der Waals surface area (Å²) in [5.74, 6) is 0.0148. The third-order valence-electron chi connectivity index (χ3n) is 4.10. The molecule has 11 heteroatoms. The summed E-state index contributed by atoms with van der Waals surface area (Å²) >= 11 is 5.81. The number of aromatic nitrogens is 2. The molecule has 0 radical (unpaired) electrons. The van der Waals surface area contributed by atoms with Crippen molar-refractivity contribution in [1.82, 2.24) is 19.0 Å². The molecule has 1 heterocycles. The first-order valence-corrected chi connectivity index (χ1v) is 12.3. The van der Waals surface area contributed by atoms with Gasteiger partial charge in [-0.15, -0.1) is 0 Å². The Morgan fingerprint density at radius 1 is 1.07 bits per heavy atom. The van der Waals surface area contributed by atoms with Crippen LogP contribution in [0.4, 0.5) is 0 Å². The molecule has 0 unspecified atom stereocenters. The smallest absolute Gasteiger partial charge is 0.276 e. The SMILES string of the molecule is CN(C)S(=O)(=O)c1ncc(CCCCNS(=O)(=O)CCc2ccc(Cl)cc2)[nH]1. The number of sulfonamides is 2. The molecule has 2 rings (SSSR count). The van der Waals surface area contributed by atoms with Crippen LogP contribution in [-0.4, -0.2) is 57.5 Å². The Hall–Kier alpha value is -1.46. The first-order chi connectivity index (χ1) is 13.1. The Morgan fingerprint density at radius 2 is 1.75 bits per heavy atom.